The van der Waals surface area contributed by atoms with Gasteiger partial charge in [-0.1, -0.05) is 64.2 Å². The van der Waals surface area contributed by atoms with Crippen molar-refractivity contribution >= 4 is 5.97 Å². The summed E-state index contributed by atoms with van der Waals surface area (Å²) in [6.45, 7) is 16.3. The first kappa shape index (κ1) is 47.6. The number of esters is 1. The van der Waals surface area contributed by atoms with Crippen LogP contribution in [-0.2, 0) is 52.2 Å². The molecule has 7 aliphatic rings. The molecule has 0 aromatic rings. The molecule has 6 heterocycles. The van der Waals surface area contributed by atoms with Gasteiger partial charge in [0, 0.05) is 51.7 Å². The Morgan fingerprint density at radius 3 is 2.31 bits per heavy atom. The molecule has 4 fully saturated rings. The molecule has 7 rings (SSSR count). The molecule has 0 unspecified atom stereocenters. The van der Waals surface area contributed by atoms with Gasteiger partial charge in [0.05, 0.1) is 55.4 Å². The molecule has 1 aliphatic carbocycles. The number of hydrogen-bond donors (Lipinski definition) is 3. The Balaban J connectivity index is 1.17. The van der Waals surface area contributed by atoms with Crippen molar-refractivity contribution in [1.82, 2.24) is 5.32 Å². The fourth-order valence-electron chi connectivity index (χ4n) is 10.9. The van der Waals surface area contributed by atoms with Crippen molar-refractivity contribution in [3.63, 3.8) is 0 Å². The topological polar surface area (TPSA) is 162 Å². The molecule has 6 aliphatic heterocycles. The number of allylic oxidation sites excluding steroid dienone is 2. The van der Waals surface area contributed by atoms with Gasteiger partial charge in [-0.2, -0.15) is 0 Å². The van der Waals surface area contributed by atoms with Gasteiger partial charge in [-0.05, 0) is 69.9 Å². The number of hydrogen-bond acceptors (Lipinski definition) is 14. The molecular weight excluding hydrogens is 799 g/mol. The van der Waals surface area contributed by atoms with E-state index in [0.29, 0.717) is 43.3 Å². The minimum absolute atomic E-state index is 0.0407. The van der Waals surface area contributed by atoms with Crippen LogP contribution in [0.4, 0.5) is 0 Å². The molecule has 14 heteroatoms. The van der Waals surface area contributed by atoms with E-state index < -0.39 is 66.4 Å². The summed E-state index contributed by atoms with van der Waals surface area (Å²) in [6, 6.07) is 0.0445. The van der Waals surface area contributed by atoms with E-state index in [2.05, 4.69) is 52.1 Å². The number of ether oxygens (including phenoxy) is 10. The zero-order valence-corrected chi connectivity index (χ0v) is 38.6. The summed E-state index contributed by atoms with van der Waals surface area (Å²) in [7, 11) is 5.30. The van der Waals surface area contributed by atoms with Crippen molar-refractivity contribution in [1.29, 1.82) is 0 Å². The predicted octanol–water partition coefficient (Wildman–Crippen LogP) is 5.21. The predicted molar refractivity (Wildman–Crippen MR) is 230 cm³/mol. The van der Waals surface area contributed by atoms with Crippen LogP contribution < -0.4 is 5.32 Å². The number of methoxy groups -OCH3 is 2. The second-order valence-electron chi connectivity index (χ2n) is 19.1. The van der Waals surface area contributed by atoms with Crippen molar-refractivity contribution < 1.29 is 62.4 Å². The maximum absolute atomic E-state index is 14.3. The average molecular weight is 872 g/mol. The minimum Gasteiger partial charge on any atom is -0.462 e. The van der Waals surface area contributed by atoms with Gasteiger partial charge in [-0.25, -0.2) is 0 Å². The molecule has 14 nitrogen and oxygen atoms in total. The van der Waals surface area contributed by atoms with Crippen molar-refractivity contribution in [2.24, 2.45) is 23.7 Å². The molecule has 3 N–H and O–H groups in total. The SMILES string of the molecule is CN[C@@H]1[C@@H](C)O[C@@H](O[C@H]2[C@H](C)O[C@@H](O[C@@H]3/C(C)=C\C[C@@H]4C[C@@H](C[C@]5(C=C[C@H](C)[C@@H](C(C)C)O5)O4)OC(=O)[C@@H]4C=C(C)[C@@H](O)[C@H]5OCC(=CC=C[C@@H]3C)[C@]54O)C[C@@H]2OC)C[C@H]1OC. The molecule has 2 bridgehead atoms. The number of rotatable bonds is 8. The van der Waals surface area contributed by atoms with Gasteiger partial charge in [-0.15, -0.1) is 0 Å². The molecule has 348 valence electrons. The molecular formula is C48H73NO13. The van der Waals surface area contributed by atoms with E-state index in [0.717, 1.165) is 5.57 Å². The summed E-state index contributed by atoms with van der Waals surface area (Å²) in [5.74, 6) is -2.56. The van der Waals surface area contributed by atoms with Crippen LogP contribution in [-0.4, -0.2) is 141 Å². The number of aliphatic hydroxyl groups is 2. The number of carbonyl (C=O) groups is 1. The van der Waals surface area contributed by atoms with Gasteiger partial charge < -0.3 is 62.9 Å². The lowest BCUT2D eigenvalue weighted by molar-refractivity contribution is -0.312. The van der Waals surface area contributed by atoms with E-state index in [4.69, 9.17) is 47.4 Å². The van der Waals surface area contributed by atoms with Crippen LogP contribution in [0.15, 0.2) is 59.3 Å². The second kappa shape index (κ2) is 19.7. The summed E-state index contributed by atoms with van der Waals surface area (Å²) in [5, 5.41) is 27.0. The number of aliphatic hydroxyl groups excluding tert-OH is 1. The van der Waals surface area contributed by atoms with Gasteiger partial charge in [0.2, 0.25) is 0 Å². The van der Waals surface area contributed by atoms with E-state index in [1.807, 2.05) is 39.1 Å². The summed E-state index contributed by atoms with van der Waals surface area (Å²) >= 11 is 0. The fraction of sp³-hybridized carbons (Fsp3) is 0.771. The van der Waals surface area contributed by atoms with E-state index in [9.17, 15) is 15.0 Å². The summed E-state index contributed by atoms with van der Waals surface area (Å²) in [5.41, 5.74) is 0.176. The third-order valence-corrected chi connectivity index (χ3v) is 14.3. The fourth-order valence-corrected chi connectivity index (χ4v) is 10.9. The van der Waals surface area contributed by atoms with Crippen LogP contribution in [0, 0.1) is 23.7 Å². The smallest absolute Gasteiger partial charge is 0.316 e. The summed E-state index contributed by atoms with van der Waals surface area (Å²) < 4.78 is 64.3. The highest BCUT2D eigenvalue weighted by Crippen LogP contribution is 2.47. The maximum atomic E-state index is 14.3. The Labute approximate surface area is 368 Å². The van der Waals surface area contributed by atoms with Crippen LogP contribution >= 0.6 is 0 Å². The average Bonchev–Trinajstić information content (AvgIpc) is 3.57. The second-order valence-corrected chi connectivity index (χ2v) is 19.1. The van der Waals surface area contributed by atoms with Crippen LogP contribution in [0.3, 0.4) is 0 Å². The summed E-state index contributed by atoms with van der Waals surface area (Å²) in [6.07, 6.45) is 9.72. The Morgan fingerprint density at radius 2 is 1.60 bits per heavy atom. The van der Waals surface area contributed by atoms with Crippen LogP contribution in [0.5, 0.6) is 0 Å². The van der Waals surface area contributed by atoms with Gasteiger partial charge in [0.25, 0.3) is 0 Å². The van der Waals surface area contributed by atoms with Crippen molar-refractivity contribution in [3.8, 4) is 0 Å². The summed E-state index contributed by atoms with van der Waals surface area (Å²) in [4.78, 5) is 14.3. The molecule has 0 aromatic heterocycles. The third-order valence-electron chi connectivity index (χ3n) is 14.3. The standard InChI is InChI=1S/C48H73NO13/c1-25(2)42-28(5)17-18-47(62-42)23-34-20-33(61-47)16-15-27(4)43(26(3)13-12-14-32-24-55-45-41(50)29(6)19-35(46(51)58-34)48(32,45)52)59-39-22-37(54-11)44(31(8)57-39)60-38-21-36(53-10)40(49-9)30(7)56-38/h12-15,17-19,25-26,28,30-31,33-45,49-50,52H,16,20-24H2,1-11H3/b13-12?,27-15-,32-14?/t26-,28-,30+,31-,33+,34-,35-,36+,37-,38-,39-,40+,41+,42+,43-,44-,45+,47+,48+/m0/s1. The molecule has 19 atom stereocenters. The quantitative estimate of drug-likeness (QED) is 0.215. The molecule has 62 heavy (non-hydrogen) atoms. The first-order valence-corrected chi connectivity index (χ1v) is 22.9. The zero-order chi connectivity index (χ0) is 44.7. The third kappa shape index (κ3) is 9.64. The molecule has 1 spiro atoms. The van der Waals surface area contributed by atoms with E-state index in [1.165, 1.54) is 0 Å². The Morgan fingerprint density at radius 1 is 0.887 bits per heavy atom. The lowest BCUT2D eigenvalue weighted by Gasteiger charge is -2.48. The molecule has 0 saturated carbocycles. The van der Waals surface area contributed by atoms with Crippen molar-refractivity contribution in [3.05, 3.63) is 59.3 Å². The van der Waals surface area contributed by atoms with Crippen molar-refractivity contribution in [2.75, 3.05) is 27.9 Å². The minimum atomic E-state index is -1.83. The van der Waals surface area contributed by atoms with Gasteiger partial charge in [0.15, 0.2) is 18.4 Å². The van der Waals surface area contributed by atoms with E-state index >= 15 is 0 Å². The first-order valence-electron chi connectivity index (χ1n) is 22.9. The Bertz CT molecular complexity index is 1730. The van der Waals surface area contributed by atoms with E-state index in [-0.39, 0.29) is 67.0 Å². The van der Waals surface area contributed by atoms with Gasteiger partial charge in [-0.3, -0.25) is 4.79 Å². The highest BCUT2D eigenvalue weighted by atomic mass is 16.7. The molecule has 0 aromatic carbocycles. The number of carbonyl (C=O) groups excluding carboxylic acids is 1. The highest BCUT2D eigenvalue weighted by molar-refractivity contribution is 5.78. The van der Waals surface area contributed by atoms with Crippen LogP contribution in [0.2, 0.25) is 0 Å². The zero-order valence-electron chi connectivity index (χ0n) is 38.6. The normalized spacial score (nSPS) is 47.4. The maximum Gasteiger partial charge on any atom is 0.316 e. The lowest BCUT2D eigenvalue weighted by atomic mass is 9.71. The number of fused-ring (bicyclic) bond motifs is 2. The Kier molecular flexibility index (Phi) is 15.1. The molecule has 4 saturated heterocycles. The van der Waals surface area contributed by atoms with Crippen LogP contribution in [0.25, 0.3) is 0 Å². The molecule has 0 radical (unpaired) electrons. The van der Waals surface area contributed by atoms with E-state index in [1.54, 1.807) is 33.3 Å². The van der Waals surface area contributed by atoms with Gasteiger partial charge in [0.1, 0.15) is 35.9 Å². The van der Waals surface area contributed by atoms with Crippen molar-refractivity contribution in [2.45, 2.75) is 185 Å². The monoisotopic (exact) mass is 872 g/mol. The lowest BCUT2D eigenvalue weighted by Crippen LogP contribution is -2.58. The highest BCUT2D eigenvalue weighted by Gasteiger charge is 2.60. The Hall–Kier alpha value is -2.31. The first-order chi connectivity index (χ1) is 29.5. The largest absolute Gasteiger partial charge is 0.462 e. The van der Waals surface area contributed by atoms with Crippen LogP contribution in [0.1, 0.15) is 87.5 Å². The number of likely N-dealkylation sites (N-methyl/N-ethyl adjacent to an activating group) is 1. The van der Waals surface area contributed by atoms with Gasteiger partial charge >= 0.3 is 5.97 Å². The molecule has 0 amide bonds. The number of nitrogens with one attached hydrogen (secondary N) is 1.